The van der Waals surface area contributed by atoms with E-state index >= 15 is 0 Å². The van der Waals surface area contributed by atoms with Crippen molar-refractivity contribution < 1.29 is 18.0 Å². The van der Waals surface area contributed by atoms with E-state index in [1.807, 2.05) is 0 Å². The number of nitrogens with one attached hydrogen (secondary N) is 1. The lowest BCUT2D eigenvalue weighted by atomic mass is 10.1. The number of carbonyl (C=O) groups is 1. The zero-order valence-corrected chi connectivity index (χ0v) is 10.8. The van der Waals surface area contributed by atoms with Gasteiger partial charge in [-0.1, -0.05) is 23.7 Å². The van der Waals surface area contributed by atoms with Gasteiger partial charge in [-0.15, -0.1) is 0 Å². The molecule has 0 spiro atoms. The monoisotopic (exact) mass is 299 g/mol. The largest absolute Gasteiger partial charge is 0.416 e. The maximum absolute atomic E-state index is 12.6. The second kappa shape index (κ2) is 5.54. The van der Waals surface area contributed by atoms with Crippen molar-refractivity contribution in [3.63, 3.8) is 0 Å². The highest BCUT2D eigenvalue weighted by molar-refractivity contribution is 6.31. The second-order valence-corrected chi connectivity index (χ2v) is 4.48. The molecule has 0 radical (unpaired) electrons. The first kappa shape index (κ1) is 14.4. The van der Waals surface area contributed by atoms with Gasteiger partial charge in [-0.2, -0.15) is 13.2 Å². The number of benzene rings is 2. The fourth-order valence-corrected chi connectivity index (χ4v) is 1.80. The van der Waals surface area contributed by atoms with Crippen LogP contribution in [0, 0.1) is 0 Å². The molecular weight excluding hydrogens is 291 g/mol. The van der Waals surface area contributed by atoms with Crippen molar-refractivity contribution >= 4 is 23.2 Å². The number of rotatable bonds is 2. The van der Waals surface area contributed by atoms with Crippen molar-refractivity contribution in [3.05, 3.63) is 64.7 Å². The lowest BCUT2D eigenvalue weighted by molar-refractivity contribution is -0.137. The van der Waals surface area contributed by atoms with Gasteiger partial charge in [0.05, 0.1) is 5.56 Å². The predicted octanol–water partition coefficient (Wildman–Crippen LogP) is 4.61. The van der Waals surface area contributed by atoms with Gasteiger partial charge in [0.1, 0.15) is 0 Å². The summed E-state index contributed by atoms with van der Waals surface area (Å²) in [6.45, 7) is 0. The Balaban J connectivity index is 2.20. The molecule has 0 saturated carbocycles. The molecule has 0 aliphatic heterocycles. The van der Waals surface area contributed by atoms with Crippen LogP contribution in [0.5, 0.6) is 0 Å². The summed E-state index contributed by atoms with van der Waals surface area (Å²) in [7, 11) is 0. The summed E-state index contributed by atoms with van der Waals surface area (Å²) in [4.78, 5) is 11.9. The second-order valence-electron chi connectivity index (χ2n) is 4.04. The number of alkyl halides is 3. The molecule has 0 heterocycles. The van der Waals surface area contributed by atoms with Gasteiger partial charge < -0.3 is 5.32 Å². The fraction of sp³-hybridized carbons (Fsp3) is 0.0714. The Hall–Kier alpha value is -2.01. The first-order chi connectivity index (χ1) is 9.36. The molecule has 0 unspecified atom stereocenters. The minimum atomic E-state index is -4.45. The van der Waals surface area contributed by atoms with Crippen LogP contribution in [-0.4, -0.2) is 5.91 Å². The molecule has 0 bridgehead atoms. The summed E-state index contributed by atoms with van der Waals surface area (Å²) in [5.74, 6) is -0.521. The average Bonchev–Trinajstić information content (AvgIpc) is 2.38. The van der Waals surface area contributed by atoms with Crippen molar-refractivity contribution in [2.75, 3.05) is 5.32 Å². The number of hydrogen-bond acceptors (Lipinski definition) is 1. The molecule has 0 aliphatic carbocycles. The lowest BCUT2D eigenvalue weighted by Crippen LogP contribution is -2.13. The first-order valence-corrected chi connectivity index (χ1v) is 5.98. The molecule has 2 rings (SSSR count). The van der Waals surface area contributed by atoms with Crippen LogP contribution in [0.3, 0.4) is 0 Å². The summed E-state index contributed by atoms with van der Waals surface area (Å²) in [6.07, 6.45) is -4.45. The molecule has 2 aromatic carbocycles. The summed E-state index contributed by atoms with van der Waals surface area (Å²) in [5.41, 5.74) is -0.471. The topological polar surface area (TPSA) is 29.1 Å². The minimum absolute atomic E-state index is 0.0739. The van der Waals surface area contributed by atoms with Crippen LogP contribution in [0.1, 0.15) is 15.9 Å². The van der Waals surface area contributed by atoms with E-state index in [-0.39, 0.29) is 11.3 Å². The van der Waals surface area contributed by atoms with Crippen molar-refractivity contribution in [3.8, 4) is 0 Å². The maximum atomic E-state index is 12.6. The third-order valence-corrected chi connectivity index (χ3v) is 2.77. The molecule has 6 heteroatoms. The summed E-state index contributed by atoms with van der Waals surface area (Å²) < 4.78 is 37.7. The van der Waals surface area contributed by atoms with Crippen LogP contribution >= 0.6 is 11.6 Å². The number of halogens is 4. The zero-order chi connectivity index (χ0) is 14.8. The maximum Gasteiger partial charge on any atom is 0.416 e. The van der Waals surface area contributed by atoms with Crippen LogP contribution in [0.2, 0.25) is 5.02 Å². The van der Waals surface area contributed by atoms with E-state index < -0.39 is 17.6 Å². The molecule has 2 nitrogen and oxygen atoms in total. The Labute approximate surface area is 118 Å². The van der Waals surface area contributed by atoms with Crippen LogP contribution in [0.15, 0.2) is 48.5 Å². The van der Waals surface area contributed by atoms with E-state index in [9.17, 15) is 18.0 Å². The van der Waals surface area contributed by atoms with E-state index in [0.717, 1.165) is 12.1 Å². The van der Waals surface area contributed by atoms with Gasteiger partial charge in [-0.3, -0.25) is 4.79 Å². The highest BCUT2D eigenvalue weighted by Gasteiger charge is 2.30. The predicted molar refractivity (Wildman–Crippen MR) is 70.8 cm³/mol. The van der Waals surface area contributed by atoms with Crippen molar-refractivity contribution in [2.45, 2.75) is 6.18 Å². The molecule has 1 amide bonds. The molecule has 0 fully saturated rings. The number of amides is 1. The van der Waals surface area contributed by atoms with Crippen molar-refractivity contribution in [2.24, 2.45) is 0 Å². The molecule has 2 aromatic rings. The van der Waals surface area contributed by atoms with E-state index in [4.69, 9.17) is 11.6 Å². The SMILES string of the molecule is O=C(Nc1cccc(C(F)(F)F)c1)c1cccc(Cl)c1. The number of hydrogen-bond donors (Lipinski definition) is 1. The Morgan fingerprint density at radius 3 is 2.40 bits per heavy atom. The highest BCUT2D eigenvalue weighted by atomic mass is 35.5. The Bertz CT molecular complexity index is 640. The lowest BCUT2D eigenvalue weighted by Gasteiger charge is -2.10. The standard InChI is InChI=1S/C14H9ClF3NO/c15-11-5-1-3-9(7-11)13(20)19-12-6-2-4-10(8-12)14(16,17)18/h1-8H,(H,19,20). The summed E-state index contributed by atoms with van der Waals surface area (Å²) in [6, 6.07) is 10.6. The molecule has 0 atom stereocenters. The number of carbonyl (C=O) groups excluding carboxylic acids is 1. The van der Waals surface area contributed by atoms with Crippen molar-refractivity contribution in [1.82, 2.24) is 0 Å². The quantitative estimate of drug-likeness (QED) is 0.862. The first-order valence-electron chi connectivity index (χ1n) is 5.60. The van der Waals surface area contributed by atoms with Crippen LogP contribution in [0.25, 0.3) is 0 Å². The molecule has 0 aromatic heterocycles. The van der Waals surface area contributed by atoms with Gasteiger partial charge in [0.25, 0.3) is 5.91 Å². The van der Waals surface area contributed by atoms with Gasteiger partial charge in [-0.05, 0) is 36.4 Å². The van der Waals surface area contributed by atoms with Crippen LogP contribution < -0.4 is 5.32 Å². The van der Waals surface area contributed by atoms with Gasteiger partial charge in [0, 0.05) is 16.3 Å². The van der Waals surface area contributed by atoms with E-state index in [1.165, 1.54) is 24.3 Å². The third-order valence-electron chi connectivity index (χ3n) is 2.53. The normalized spacial score (nSPS) is 11.2. The fourth-order valence-electron chi connectivity index (χ4n) is 1.61. The molecule has 0 saturated heterocycles. The van der Waals surface area contributed by atoms with Gasteiger partial charge in [0.15, 0.2) is 0 Å². The van der Waals surface area contributed by atoms with E-state index in [1.54, 1.807) is 12.1 Å². The van der Waals surface area contributed by atoms with Gasteiger partial charge in [-0.25, -0.2) is 0 Å². The zero-order valence-electron chi connectivity index (χ0n) is 10.0. The summed E-state index contributed by atoms with van der Waals surface area (Å²) >= 11 is 5.75. The molecule has 1 N–H and O–H groups in total. The van der Waals surface area contributed by atoms with E-state index in [2.05, 4.69) is 5.32 Å². The summed E-state index contributed by atoms with van der Waals surface area (Å²) in [5, 5.41) is 2.78. The Morgan fingerprint density at radius 1 is 1.05 bits per heavy atom. The molecular formula is C14H9ClF3NO. The van der Waals surface area contributed by atoms with Gasteiger partial charge >= 0.3 is 6.18 Å². The number of anilines is 1. The van der Waals surface area contributed by atoms with Crippen molar-refractivity contribution in [1.29, 1.82) is 0 Å². The molecule has 0 aliphatic rings. The molecule has 20 heavy (non-hydrogen) atoms. The smallest absolute Gasteiger partial charge is 0.322 e. The van der Waals surface area contributed by atoms with Crippen LogP contribution in [-0.2, 0) is 6.18 Å². The average molecular weight is 300 g/mol. The Kier molecular flexibility index (Phi) is 3.99. The Morgan fingerprint density at radius 2 is 1.75 bits per heavy atom. The minimum Gasteiger partial charge on any atom is -0.322 e. The van der Waals surface area contributed by atoms with Crippen LogP contribution in [0.4, 0.5) is 18.9 Å². The molecule has 104 valence electrons. The third kappa shape index (κ3) is 3.51. The highest BCUT2D eigenvalue weighted by Crippen LogP contribution is 2.30. The van der Waals surface area contributed by atoms with Gasteiger partial charge in [0.2, 0.25) is 0 Å². The van der Waals surface area contributed by atoms with E-state index in [0.29, 0.717) is 5.02 Å².